The molecule has 0 aliphatic carbocycles. The van der Waals surface area contributed by atoms with Crippen molar-refractivity contribution in [3.63, 3.8) is 0 Å². The largest absolute Gasteiger partial charge is 0.390 e. The van der Waals surface area contributed by atoms with Crippen LogP contribution in [0.1, 0.15) is 11.6 Å². The van der Waals surface area contributed by atoms with Crippen LogP contribution < -0.4 is 5.73 Å². The number of fused-ring (bicyclic) bond motifs is 1. The molecule has 0 spiro atoms. The van der Waals surface area contributed by atoms with E-state index < -0.39 is 18.6 Å². The Hall–Kier alpha value is -0.980. The van der Waals surface area contributed by atoms with Gasteiger partial charge in [0.2, 0.25) is 0 Å². The lowest BCUT2D eigenvalue weighted by Crippen LogP contribution is -2.36. The van der Waals surface area contributed by atoms with Gasteiger partial charge >= 0.3 is 0 Å². The van der Waals surface area contributed by atoms with Crippen LogP contribution in [-0.4, -0.2) is 22.6 Å². The van der Waals surface area contributed by atoms with Crippen molar-refractivity contribution in [1.82, 2.24) is 4.98 Å². The van der Waals surface area contributed by atoms with Gasteiger partial charge in [0.1, 0.15) is 6.61 Å². The van der Waals surface area contributed by atoms with Gasteiger partial charge in [0.15, 0.2) is 0 Å². The molecule has 1 aromatic heterocycles. The van der Waals surface area contributed by atoms with Crippen molar-refractivity contribution in [1.29, 1.82) is 0 Å². The van der Waals surface area contributed by atoms with Gasteiger partial charge < -0.3 is 15.8 Å². The molecule has 6 heteroatoms. The Kier molecular flexibility index (Phi) is 3.20. The first-order chi connectivity index (χ1) is 7.95. The van der Waals surface area contributed by atoms with Gasteiger partial charge in [-0.2, -0.15) is 0 Å². The number of nitrogens with one attached hydrogen (secondary N) is 1. The van der Waals surface area contributed by atoms with Crippen molar-refractivity contribution in [2.45, 2.75) is 12.0 Å². The van der Waals surface area contributed by atoms with Gasteiger partial charge in [-0.3, -0.25) is 0 Å². The normalized spacial score (nSPS) is 14.2. The molecule has 1 aromatic carbocycles. The minimum atomic E-state index is -3.34. The van der Waals surface area contributed by atoms with E-state index in [1.54, 1.807) is 18.2 Å². The van der Waals surface area contributed by atoms with Gasteiger partial charge in [0.05, 0.1) is 6.04 Å². The van der Waals surface area contributed by atoms with E-state index in [-0.39, 0.29) is 0 Å². The zero-order chi connectivity index (χ0) is 12.6. The number of rotatable bonds is 3. The smallest absolute Gasteiger partial charge is 0.289 e. The number of H-pyrrole nitrogens is 1. The van der Waals surface area contributed by atoms with Gasteiger partial charge in [0, 0.05) is 27.1 Å². The number of aromatic nitrogens is 1. The van der Waals surface area contributed by atoms with E-state index in [1.165, 1.54) is 6.20 Å². The number of aliphatic hydroxyl groups is 1. The maximum atomic E-state index is 13.3. The number of alkyl halides is 2. The van der Waals surface area contributed by atoms with E-state index in [0.29, 0.717) is 10.9 Å². The second kappa shape index (κ2) is 4.36. The lowest BCUT2D eigenvalue weighted by atomic mass is 10.0. The number of halogens is 3. The fourth-order valence-electron chi connectivity index (χ4n) is 1.70. The van der Waals surface area contributed by atoms with E-state index in [0.717, 1.165) is 9.99 Å². The summed E-state index contributed by atoms with van der Waals surface area (Å²) >= 11 is 3.28. The first-order valence-corrected chi connectivity index (χ1v) is 5.76. The minimum absolute atomic E-state index is 0.292. The quantitative estimate of drug-likeness (QED) is 0.816. The summed E-state index contributed by atoms with van der Waals surface area (Å²) in [5, 5.41) is 9.27. The Morgan fingerprint density at radius 3 is 2.82 bits per heavy atom. The van der Waals surface area contributed by atoms with Crippen molar-refractivity contribution in [2.24, 2.45) is 5.73 Å². The summed E-state index contributed by atoms with van der Waals surface area (Å²) < 4.78 is 27.5. The summed E-state index contributed by atoms with van der Waals surface area (Å²) in [6.07, 6.45) is 1.45. The van der Waals surface area contributed by atoms with Gasteiger partial charge in [-0.1, -0.05) is 15.9 Å². The molecule has 0 fully saturated rings. The first kappa shape index (κ1) is 12.5. The van der Waals surface area contributed by atoms with Gasteiger partial charge in [0.25, 0.3) is 5.92 Å². The number of hydrogen-bond acceptors (Lipinski definition) is 2. The fraction of sp³-hybridized carbons (Fsp3) is 0.273. The van der Waals surface area contributed by atoms with Crippen molar-refractivity contribution >= 4 is 26.8 Å². The average Bonchev–Trinajstić information content (AvgIpc) is 2.70. The SMILES string of the molecule is N[C@H](c1c[nH]c2ccc(Br)cc12)C(F)(F)CO. The topological polar surface area (TPSA) is 62.0 Å². The van der Waals surface area contributed by atoms with Crippen LogP contribution >= 0.6 is 15.9 Å². The van der Waals surface area contributed by atoms with Crippen LogP contribution in [0.2, 0.25) is 0 Å². The summed E-state index contributed by atoms with van der Waals surface area (Å²) in [6, 6.07) is 3.76. The third kappa shape index (κ3) is 2.20. The molecule has 0 amide bonds. The molecule has 0 unspecified atom stereocenters. The predicted octanol–water partition coefficient (Wildman–Crippen LogP) is 2.56. The summed E-state index contributed by atoms with van der Waals surface area (Å²) in [4.78, 5) is 2.88. The lowest BCUT2D eigenvalue weighted by Gasteiger charge is -2.20. The minimum Gasteiger partial charge on any atom is -0.390 e. The molecule has 0 radical (unpaired) electrons. The summed E-state index contributed by atoms with van der Waals surface area (Å²) in [6.45, 7) is -1.27. The predicted molar refractivity (Wildman–Crippen MR) is 65.0 cm³/mol. The van der Waals surface area contributed by atoms with E-state index >= 15 is 0 Å². The van der Waals surface area contributed by atoms with E-state index in [4.69, 9.17) is 10.8 Å². The Labute approximate surface area is 105 Å². The number of hydrogen-bond donors (Lipinski definition) is 3. The highest BCUT2D eigenvalue weighted by Gasteiger charge is 2.38. The van der Waals surface area contributed by atoms with Crippen LogP contribution in [-0.2, 0) is 0 Å². The number of aromatic amines is 1. The Morgan fingerprint density at radius 1 is 1.47 bits per heavy atom. The highest BCUT2D eigenvalue weighted by atomic mass is 79.9. The van der Waals surface area contributed by atoms with Gasteiger partial charge in [-0.15, -0.1) is 0 Å². The lowest BCUT2D eigenvalue weighted by molar-refractivity contribution is -0.0708. The summed E-state index contributed by atoms with van der Waals surface area (Å²) in [5.74, 6) is -3.34. The molecule has 0 aliphatic rings. The van der Waals surface area contributed by atoms with Crippen LogP contribution in [0, 0.1) is 0 Å². The molecule has 0 aliphatic heterocycles. The molecule has 2 rings (SSSR count). The molecule has 17 heavy (non-hydrogen) atoms. The number of aliphatic hydroxyl groups excluding tert-OH is 1. The number of benzene rings is 1. The van der Waals surface area contributed by atoms with Crippen LogP contribution in [0.25, 0.3) is 10.9 Å². The second-order valence-corrected chi connectivity index (χ2v) is 4.75. The van der Waals surface area contributed by atoms with E-state index in [2.05, 4.69) is 20.9 Å². The Bertz CT molecular complexity index is 541. The molecule has 92 valence electrons. The molecule has 2 aromatic rings. The monoisotopic (exact) mass is 304 g/mol. The van der Waals surface area contributed by atoms with Crippen molar-refractivity contribution in [3.8, 4) is 0 Å². The third-order valence-electron chi connectivity index (χ3n) is 2.68. The number of nitrogens with two attached hydrogens (primary N) is 1. The van der Waals surface area contributed by atoms with Crippen molar-refractivity contribution in [2.75, 3.05) is 6.61 Å². The molecule has 0 saturated carbocycles. The molecule has 0 bridgehead atoms. The Balaban J connectivity index is 2.52. The fourth-order valence-corrected chi connectivity index (χ4v) is 2.06. The standard InChI is InChI=1S/C11H11BrF2N2O/c12-6-1-2-9-7(3-6)8(4-16-9)10(15)11(13,14)5-17/h1-4,10,16-17H,5,15H2/t10-/m1/s1. The highest BCUT2D eigenvalue weighted by molar-refractivity contribution is 9.10. The summed E-state index contributed by atoms with van der Waals surface area (Å²) in [5.41, 5.74) is 6.52. The zero-order valence-corrected chi connectivity index (χ0v) is 10.3. The molecule has 3 nitrogen and oxygen atoms in total. The molecule has 0 saturated heterocycles. The average molecular weight is 305 g/mol. The van der Waals surface area contributed by atoms with Gasteiger partial charge in [-0.05, 0) is 18.2 Å². The molecule has 1 heterocycles. The summed E-state index contributed by atoms with van der Waals surface area (Å²) in [7, 11) is 0. The molecular weight excluding hydrogens is 294 g/mol. The molecular formula is C11H11BrF2N2O. The maximum absolute atomic E-state index is 13.3. The highest BCUT2D eigenvalue weighted by Crippen LogP contribution is 2.34. The van der Waals surface area contributed by atoms with E-state index in [1.807, 2.05) is 0 Å². The van der Waals surface area contributed by atoms with Crippen LogP contribution in [0.3, 0.4) is 0 Å². The van der Waals surface area contributed by atoms with Crippen LogP contribution in [0.5, 0.6) is 0 Å². The maximum Gasteiger partial charge on any atom is 0.289 e. The second-order valence-electron chi connectivity index (χ2n) is 3.83. The van der Waals surface area contributed by atoms with Crippen LogP contribution in [0.15, 0.2) is 28.9 Å². The van der Waals surface area contributed by atoms with Crippen LogP contribution in [0.4, 0.5) is 8.78 Å². The van der Waals surface area contributed by atoms with Crippen molar-refractivity contribution in [3.05, 3.63) is 34.4 Å². The third-order valence-corrected chi connectivity index (χ3v) is 3.17. The van der Waals surface area contributed by atoms with Crippen molar-refractivity contribution < 1.29 is 13.9 Å². The van der Waals surface area contributed by atoms with E-state index in [9.17, 15) is 8.78 Å². The first-order valence-electron chi connectivity index (χ1n) is 4.96. The Morgan fingerprint density at radius 2 is 2.18 bits per heavy atom. The molecule has 1 atom stereocenters. The molecule has 4 N–H and O–H groups in total. The zero-order valence-electron chi connectivity index (χ0n) is 8.75. The van der Waals surface area contributed by atoms with Gasteiger partial charge in [-0.25, -0.2) is 8.78 Å².